The molecule has 1 aromatic heterocycles. The Bertz CT molecular complexity index is 382. The summed E-state index contributed by atoms with van der Waals surface area (Å²) in [5.74, 6) is -0.385. The molecule has 20 heavy (non-hydrogen) atoms. The monoisotopic (exact) mass is 297 g/mol. The number of hydrogen-bond acceptors (Lipinski definition) is 5. The summed E-state index contributed by atoms with van der Waals surface area (Å²) in [6, 6.07) is 5.17. The molecule has 0 bridgehead atoms. The van der Waals surface area contributed by atoms with E-state index in [0.29, 0.717) is 31.1 Å². The molecule has 0 aliphatic carbocycles. The molecule has 1 aromatic rings. The first-order valence-corrected chi connectivity index (χ1v) is 8.61. The first-order chi connectivity index (χ1) is 9.69. The molecule has 6 heteroatoms. The predicted octanol–water partition coefficient (Wildman–Crippen LogP) is 2.31. The van der Waals surface area contributed by atoms with Gasteiger partial charge in [-0.25, -0.2) is 9.78 Å². The van der Waals surface area contributed by atoms with Crippen molar-refractivity contribution in [1.82, 2.24) is 4.98 Å². The van der Waals surface area contributed by atoms with Gasteiger partial charge in [0.05, 0.1) is 6.61 Å². The highest BCUT2D eigenvalue weighted by Gasteiger charge is 2.21. The average molecular weight is 297 g/mol. The molecule has 1 heterocycles. The lowest BCUT2D eigenvalue weighted by molar-refractivity contribution is 0.0487. The van der Waals surface area contributed by atoms with Gasteiger partial charge in [0, 0.05) is 25.0 Å². The summed E-state index contributed by atoms with van der Waals surface area (Å²) in [5.41, 5.74) is 0.634. The molecule has 0 fully saturated rings. The van der Waals surface area contributed by atoms with Crippen LogP contribution in [0.2, 0.25) is 5.54 Å². The second kappa shape index (κ2) is 9.63. The topological polar surface area (TPSA) is 57.7 Å². The zero-order valence-electron chi connectivity index (χ0n) is 12.4. The lowest BCUT2D eigenvalue weighted by atomic mass is 10.3. The molecular formula is C14H23NO4Si. The summed E-state index contributed by atoms with van der Waals surface area (Å²) in [6.45, 7) is 7.70. The fourth-order valence-electron chi connectivity index (χ4n) is 1.74. The number of rotatable bonds is 9. The number of hydrogen-bond donors (Lipinski definition) is 0. The maximum Gasteiger partial charge on any atom is 0.356 e. The van der Waals surface area contributed by atoms with E-state index >= 15 is 0 Å². The minimum Gasteiger partial charge on any atom is -0.461 e. The Morgan fingerprint density at radius 3 is 2.55 bits per heavy atom. The Balaban J connectivity index is 2.33. The average Bonchev–Trinajstić information content (AvgIpc) is 2.47. The first-order valence-electron chi connectivity index (χ1n) is 7.00. The third-order valence-corrected chi connectivity index (χ3v) is 5.39. The van der Waals surface area contributed by atoms with Crippen LogP contribution < -0.4 is 0 Å². The van der Waals surface area contributed by atoms with Gasteiger partial charge in [-0.15, -0.1) is 0 Å². The highest BCUT2D eigenvalue weighted by atomic mass is 28.3. The maximum atomic E-state index is 11.7. The van der Waals surface area contributed by atoms with Crippen LogP contribution in [0.25, 0.3) is 0 Å². The van der Waals surface area contributed by atoms with Crippen molar-refractivity contribution in [2.24, 2.45) is 0 Å². The third-order valence-electron chi connectivity index (χ3n) is 2.81. The van der Waals surface area contributed by atoms with E-state index in [1.54, 1.807) is 24.4 Å². The smallest absolute Gasteiger partial charge is 0.356 e. The van der Waals surface area contributed by atoms with Crippen LogP contribution >= 0.6 is 0 Å². The SMILES string of the molecule is CCO[SiH](OCC)C(C)CCOC(=O)c1ccccn1. The van der Waals surface area contributed by atoms with Crippen molar-refractivity contribution >= 4 is 15.3 Å². The molecule has 1 atom stereocenters. The lowest BCUT2D eigenvalue weighted by Crippen LogP contribution is -2.28. The molecule has 0 aromatic carbocycles. The fourth-order valence-corrected chi connectivity index (χ4v) is 3.55. The van der Waals surface area contributed by atoms with Gasteiger partial charge in [-0.2, -0.15) is 0 Å². The van der Waals surface area contributed by atoms with Gasteiger partial charge in [0.1, 0.15) is 5.69 Å². The summed E-state index contributed by atoms with van der Waals surface area (Å²) in [4.78, 5) is 15.7. The quantitative estimate of drug-likeness (QED) is 0.517. The van der Waals surface area contributed by atoms with E-state index < -0.39 is 9.28 Å². The number of carbonyl (C=O) groups is 1. The van der Waals surface area contributed by atoms with E-state index in [-0.39, 0.29) is 5.97 Å². The maximum absolute atomic E-state index is 11.7. The highest BCUT2D eigenvalue weighted by Crippen LogP contribution is 2.16. The van der Waals surface area contributed by atoms with Gasteiger partial charge in [-0.3, -0.25) is 0 Å². The Kier molecular flexibility index (Phi) is 8.09. The summed E-state index contributed by atoms with van der Waals surface area (Å²) >= 11 is 0. The van der Waals surface area contributed by atoms with Crippen LogP contribution in [0.4, 0.5) is 0 Å². The van der Waals surface area contributed by atoms with Gasteiger partial charge < -0.3 is 13.6 Å². The molecular weight excluding hydrogens is 274 g/mol. The van der Waals surface area contributed by atoms with Crippen LogP contribution in [0.5, 0.6) is 0 Å². The summed E-state index contributed by atoms with van der Waals surface area (Å²) in [5, 5.41) is 0. The van der Waals surface area contributed by atoms with Crippen LogP contribution in [0, 0.1) is 0 Å². The molecule has 5 nitrogen and oxygen atoms in total. The fraction of sp³-hybridized carbons (Fsp3) is 0.571. The normalized spacial score (nSPS) is 12.4. The molecule has 0 saturated heterocycles. The van der Waals surface area contributed by atoms with E-state index in [1.165, 1.54) is 0 Å². The molecule has 0 N–H and O–H groups in total. The zero-order chi connectivity index (χ0) is 14.8. The Labute approximate surface area is 122 Å². The van der Waals surface area contributed by atoms with Gasteiger partial charge >= 0.3 is 15.3 Å². The Morgan fingerprint density at radius 2 is 2.00 bits per heavy atom. The molecule has 0 spiro atoms. The largest absolute Gasteiger partial charge is 0.461 e. The van der Waals surface area contributed by atoms with Crippen molar-refractivity contribution in [3.05, 3.63) is 30.1 Å². The van der Waals surface area contributed by atoms with Crippen molar-refractivity contribution in [2.45, 2.75) is 32.7 Å². The number of pyridine rings is 1. The second-order valence-electron chi connectivity index (χ2n) is 4.40. The highest BCUT2D eigenvalue weighted by molar-refractivity contribution is 6.46. The number of ether oxygens (including phenoxy) is 1. The van der Waals surface area contributed by atoms with E-state index in [1.807, 2.05) is 13.8 Å². The van der Waals surface area contributed by atoms with Crippen molar-refractivity contribution < 1.29 is 18.4 Å². The second-order valence-corrected chi connectivity index (χ2v) is 6.94. The Hall–Kier alpha value is -1.24. The number of esters is 1. The predicted molar refractivity (Wildman–Crippen MR) is 79.0 cm³/mol. The standard InChI is InChI=1S/C14H23NO4Si/c1-4-18-20(19-5-2)12(3)9-11-17-14(16)13-8-6-7-10-15-13/h6-8,10,12,20H,4-5,9,11H2,1-3H3. The lowest BCUT2D eigenvalue weighted by Gasteiger charge is -2.21. The summed E-state index contributed by atoms with van der Waals surface area (Å²) < 4.78 is 16.5. The number of nitrogens with zero attached hydrogens (tertiary/aromatic N) is 1. The molecule has 0 aliphatic rings. The van der Waals surface area contributed by atoms with E-state index in [2.05, 4.69) is 11.9 Å². The van der Waals surface area contributed by atoms with Gasteiger partial charge in [-0.1, -0.05) is 13.0 Å². The van der Waals surface area contributed by atoms with E-state index in [0.717, 1.165) is 6.42 Å². The van der Waals surface area contributed by atoms with Crippen LogP contribution in [-0.2, 0) is 13.6 Å². The Morgan fingerprint density at radius 1 is 1.30 bits per heavy atom. The van der Waals surface area contributed by atoms with Crippen molar-refractivity contribution in [2.75, 3.05) is 19.8 Å². The van der Waals surface area contributed by atoms with E-state index in [4.69, 9.17) is 13.6 Å². The van der Waals surface area contributed by atoms with Crippen molar-refractivity contribution in [1.29, 1.82) is 0 Å². The van der Waals surface area contributed by atoms with Gasteiger partial charge in [0.2, 0.25) is 0 Å². The zero-order valence-corrected chi connectivity index (χ0v) is 13.5. The minimum absolute atomic E-state index is 0.298. The summed E-state index contributed by atoms with van der Waals surface area (Å²) in [6.07, 6.45) is 2.32. The first kappa shape index (κ1) is 16.8. The molecule has 0 aliphatic heterocycles. The molecule has 1 rings (SSSR count). The molecule has 0 radical (unpaired) electrons. The molecule has 112 valence electrons. The van der Waals surface area contributed by atoms with Crippen molar-refractivity contribution in [3.8, 4) is 0 Å². The van der Waals surface area contributed by atoms with Crippen LogP contribution in [0.1, 0.15) is 37.7 Å². The van der Waals surface area contributed by atoms with Crippen LogP contribution in [0.15, 0.2) is 24.4 Å². The molecule has 1 unspecified atom stereocenters. The number of aromatic nitrogens is 1. The van der Waals surface area contributed by atoms with Gasteiger partial charge in [-0.05, 0) is 32.4 Å². The third kappa shape index (κ3) is 5.81. The molecule has 0 amide bonds. The van der Waals surface area contributed by atoms with Crippen molar-refractivity contribution in [3.63, 3.8) is 0 Å². The summed E-state index contributed by atoms with van der Waals surface area (Å²) in [7, 11) is -1.67. The van der Waals surface area contributed by atoms with Gasteiger partial charge in [0.25, 0.3) is 0 Å². The van der Waals surface area contributed by atoms with E-state index in [9.17, 15) is 4.79 Å². The van der Waals surface area contributed by atoms with Crippen LogP contribution in [0.3, 0.4) is 0 Å². The van der Waals surface area contributed by atoms with Crippen LogP contribution in [-0.4, -0.2) is 40.1 Å². The number of carbonyl (C=O) groups excluding carboxylic acids is 1. The molecule has 0 saturated carbocycles. The van der Waals surface area contributed by atoms with Gasteiger partial charge in [0.15, 0.2) is 0 Å². The minimum atomic E-state index is -1.67.